The average Bonchev–Trinajstić information content (AvgIpc) is 3.10. The Labute approximate surface area is 165 Å². The molecule has 0 spiro atoms. The fourth-order valence-electron chi connectivity index (χ4n) is 3.47. The van der Waals surface area contributed by atoms with E-state index in [1.807, 2.05) is 30.5 Å². The van der Waals surface area contributed by atoms with Crippen molar-refractivity contribution in [1.82, 2.24) is 4.57 Å². The van der Waals surface area contributed by atoms with Crippen LogP contribution in [0, 0.1) is 11.6 Å². The number of aromatic nitrogens is 1. The first-order valence-corrected chi connectivity index (χ1v) is 9.60. The van der Waals surface area contributed by atoms with Crippen LogP contribution in [0.2, 0.25) is 0 Å². The van der Waals surface area contributed by atoms with Crippen LogP contribution in [-0.4, -0.2) is 24.8 Å². The molecule has 3 nitrogen and oxygen atoms in total. The molecule has 0 aliphatic rings. The second-order valence-electron chi connectivity index (χ2n) is 7.05. The van der Waals surface area contributed by atoms with Crippen molar-refractivity contribution in [1.29, 1.82) is 0 Å². The van der Waals surface area contributed by atoms with Crippen LogP contribution in [0.25, 0.3) is 0 Å². The maximum Gasteiger partial charge on any atom is 0.132 e. The minimum atomic E-state index is -0.224. The van der Waals surface area contributed by atoms with E-state index in [0.717, 1.165) is 36.3 Å². The molecule has 1 heterocycles. The molecule has 0 fully saturated rings. The molecule has 0 bridgehead atoms. The normalized spacial score (nSPS) is 12.2. The lowest BCUT2D eigenvalue weighted by Gasteiger charge is -2.21. The first-order chi connectivity index (χ1) is 13.7. The minimum absolute atomic E-state index is 0.165. The average molecular weight is 385 g/mol. The summed E-state index contributed by atoms with van der Waals surface area (Å²) in [4.78, 5) is 1.27. The van der Waals surface area contributed by atoms with Gasteiger partial charge in [0.2, 0.25) is 0 Å². The largest absolute Gasteiger partial charge is 0.384 e. The second-order valence-corrected chi connectivity index (χ2v) is 7.05. The lowest BCUT2D eigenvalue weighted by molar-refractivity contribution is -0.928. The van der Waals surface area contributed by atoms with E-state index in [2.05, 4.69) is 10.6 Å². The maximum atomic E-state index is 14.1. The number of methoxy groups -OCH3 is 1. The molecule has 2 aromatic carbocycles. The Morgan fingerprint density at radius 2 is 1.82 bits per heavy atom. The van der Waals surface area contributed by atoms with Gasteiger partial charge in [0, 0.05) is 31.8 Å². The van der Waals surface area contributed by atoms with E-state index in [1.165, 1.54) is 17.0 Å². The van der Waals surface area contributed by atoms with Gasteiger partial charge < -0.3 is 14.2 Å². The van der Waals surface area contributed by atoms with Crippen molar-refractivity contribution >= 4 is 0 Å². The summed E-state index contributed by atoms with van der Waals surface area (Å²) in [6.07, 6.45) is 2.92. The van der Waals surface area contributed by atoms with E-state index in [0.29, 0.717) is 19.7 Å². The zero-order valence-corrected chi connectivity index (χ0v) is 16.2. The molecule has 0 amide bonds. The molecule has 1 N–H and O–H groups in total. The van der Waals surface area contributed by atoms with Crippen LogP contribution in [-0.2, 0) is 24.4 Å². The van der Waals surface area contributed by atoms with Crippen molar-refractivity contribution in [3.8, 4) is 0 Å². The van der Waals surface area contributed by atoms with Gasteiger partial charge in [-0.25, -0.2) is 8.78 Å². The highest BCUT2D eigenvalue weighted by Gasteiger charge is 2.15. The highest BCUT2D eigenvalue weighted by Crippen LogP contribution is 2.10. The molecule has 0 aliphatic carbocycles. The molecule has 3 aromatic rings. The monoisotopic (exact) mass is 385 g/mol. The number of benzene rings is 2. The van der Waals surface area contributed by atoms with E-state index >= 15 is 0 Å². The fraction of sp³-hybridized carbons (Fsp3) is 0.304. The summed E-state index contributed by atoms with van der Waals surface area (Å²) in [5, 5.41) is 0. The van der Waals surface area contributed by atoms with Crippen molar-refractivity contribution < 1.29 is 18.4 Å². The smallest absolute Gasteiger partial charge is 0.132 e. The molecule has 1 atom stereocenters. The van der Waals surface area contributed by atoms with Gasteiger partial charge in [0.15, 0.2) is 0 Å². The summed E-state index contributed by atoms with van der Waals surface area (Å²) in [7, 11) is 1.70. The van der Waals surface area contributed by atoms with Gasteiger partial charge in [0.25, 0.3) is 0 Å². The number of quaternary nitrogens is 1. The molecule has 5 heteroatoms. The molecular formula is C23H27F2N2O+. The summed E-state index contributed by atoms with van der Waals surface area (Å²) >= 11 is 0. The van der Waals surface area contributed by atoms with Crippen LogP contribution in [0.15, 0.2) is 66.9 Å². The lowest BCUT2D eigenvalue weighted by atomic mass is 10.2. The molecule has 3 rings (SSSR count). The highest BCUT2D eigenvalue weighted by molar-refractivity contribution is 5.19. The Kier molecular flexibility index (Phi) is 7.34. The standard InChI is InChI=1S/C23H26F2N2O/c1-28-14-6-12-26(17-20-8-2-3-11-23(20)25)18-22-10-5-13-27(22)16-19-7-4-9-21(24)15-19/h2-5,7-11,13,15H,6,12,14,16-18H2,1H3/p+1. The van der Waals surface area contributed by atoms with Crippen LogP contribution >= 0.6 is 0 Å². The van der Waals surface area contributed by atoms with Gasteiger partial charge in [-0.05, 0) is 35.9 Å². The number of halogens is 2. The first kappa shape index (κ1) is 20.2. The van der Waals surface area contributed by atoms with Crippen molar-refractivity contribution in [2.45, 2.75) is 26.1 Å². The first-order valence-electron chi connectivity index (χ1n) is 9.60. The van der Waals surface area contributed by atoms with E-state index in [9.17, 15) is 8.78 Å². The van der Waals surface area contributed by atoms with Crippen molar-refractivity contribution in [3.63, 3.8) is 0 Å². The van der Waals surface area contributed by atoms with Gasteiger partial charge >= 0.3 is 0 Å². The second kappa shape index (κ2) is 10.2. The van der Waals surface area contributed by atoms with Crippen LogP contribution in [0.3, 0.4) is 0 Å². The molecule has 1 aromatic heterocycles. The van der Waals surface area contributed by atoms with E-state index < -0.39 is 0 Å². The Morgan fingerprint density at radius 1 is 0.964 bits per heavy atom. The Balaban J connectivity index is 1.73. The predicted octanol–water partition coefficient (Wildman–Crippen LogP) is 3.44. The Morgan fingerprint density at radius 3 is 2.61 bits per heavy atom. The molecular weight excluding hydrogens is 358 g/mol. The van der Waals surface area contributed by atoms with Gasteiger partial charge in [-0.1, -0.05) is 30.3 Å². The van der Waals surface area contributed by atoms with E-state index in [-0.39, 0.29) is 11.6 Å². The Bertz CT molecular complexity index is 878. The van der Waals surface area contributed by atoms with Crippen LogP contribution < -0.4 is 4.90 Å². The molecule has 0 saturated heterocycles. The SMILES string of the molecule is COCCC[NH+](Cc1ccccc1F)Cc1cccn1Cc1cccc(F)c1. The van der Waals surface area contributed by atoms with Gasteiger partial charge in [-0.15, -0.1) is 0 Å². The number of ether oxygens (including phenoxy) is 1. The number of hydrogen-bond acceptors (Lipinski definition) is 1. The summed E-state index contributed by atoms with van der Waals surface area (Å²) in [5.74, 6) is -0.389. The Hall–Kier alpha value is -2.50. The van der Waals surface area contributed by atoms with Gasteiger partial charge in [0.05, 0.1) is 18.8 Å². The number of nitrogens with one attached hydrogen (secondary N) is 1. The number of nitrogens with zero attached hydrogens (tertiary/aromatic N) is 1. The van der Waals surface area contributed by atoms with Gasteiger partial charge in [-0.3, -0.25) is 0 Å². The summed E-state index contributed by atoms with van der Waals surface area (Å²) in [6.45, 7) is 3.56. The van der Waals surface area contributed by atoms with E-state index in [4.69, 9.17) is 4.74 Å². The van der Waals surface area contributed by atoms with Gasteiger partial charge in [-0.2, -0.15) is 0 Å². The molecule has 148 valence electrons. The van der Waals surface area contributed by atoms with Gasteiger partial charge in [0.1, 0.15) is 24.7 Å². The quantitative estimate of drug-likeness (QED) is 0.530. The third-order valence-electron chi connectivity index (χ3n) is 4.87. The zero-order chi connectivity index (χ0) is 19.8. The molecule has 0 radical (unpaired) electrons. The van der Waals surface area contributed by atoms with Crippen molar-refractivity contribution in [2.75, 3.05) is 20.3 Å². The fourth-order valence-corrected chi connectivity index (χ4v) is 3.47. The number of rotatable bonds is 10. The van der Waals surface area contributed by atoms with E-state index in [1.54, 1.807) is 25.3 Å². The van der Waals surface area contributed by atoms with Crippen molar-refractivity contribution in [2.24, 2.45) is 0 Å². The molecule has 1 unspecified atom stereocenters. The minimum Gasteiger partial charge on any atom is -0.384 e. The van der Waals surface area contributed by atoms with Crippen LogP contribution in [0.1, 0.15) is 23.2 Å². The number of hydrogen-bond donors (Lipinski definition) is 1. The molecule has 0 saturated carbocycles. The summed E-state index contributed by atoms with van der Waals surface area (Å²) in [5.41, 5.74) is 2.79. The van der Waals surface area contributed by atoms with Crippen LogP contribution in [0.5, 0.6) is 0 Å². The lowest BCUT2D eigenvalue weighted by Crippen LogP contribution is -3.09. The van der Waals surface area contributed by atoms with Crippen LogP contribution in [0.4, 0.5) is 8.78 Å². The maximum absolute atomic E-state index is 14.1. The molecule has 28 heavy (non-hydrogen) atoms. The predicted molar refractivity (Wildman–Crippen MR) is 106 cm³/mol. The zero-order valence-electron chi connectivity index (χ0n) is 16.2. The third kappa shape index (κ3) is 5.75. The third-order valence-corrected chi connectivity index (χ3v) is 4.87. The summed E-state index contributed by atoms with van der Waals surface area (Å²) in [6, 6.07) is 17.7. The highest BCUT2D eigenvalue weighted by atomic mass is 19.1. The van der Waals surface area contributed by atoms with Crippen molar-refractivity contribution in [3.05, 3.63) is 95.3 Å². The topological polar surface area (TPSA) is 18.6 Å². The summed E-state index contributed by atoms with van der Waals surface area (Å²) < 4.78 is 35.0. The molecule has 0 aliphatic heterocycles.